The molecule has 120 valence electrons. The quantitative estimate of drug-likeness (QED) is 0.698. The highest BCUT2D eigenvalue weighted by molar-refractivity contribution is 5.90. The summed E-state index contributed by atoms with van der Waals surface area (Å²) in [4.78, 5) is 15.4. The van der Waals surface area contributed by atoms with Gasteiger partial charge in [0.15, 0.2) is 0 Å². The Hall–Kier alpha value is -1.81. The van der Waals surface area contributed by atoms with Crippen molar-refractivity contribution in [3.8, 4) is 0 Å². The van der Waals surface area contributed by atoms with Crippen molar-refractivity contribution in [2.75, 3.05) is 19.8 Å². The average molecular weight is 302 g/mol. The third-order valence-electron chi connectivity index (χ3n) is 3.79. The van der Waals surface area contributed by atoms with E-state index in [0.717, 1.165) is 48.0 Å². The van der Waals surface area contributed by atoms with Gasteiger partial charge in [0.25, 0.3) is 0 Å². The Balaban J connectivity index is 1.76. The van der Waals surface area contributed by atoms with Crippen LogP contribution in [0.5, 0.6) is 0 Å². The number of H-pyrrole nitrogens is 1. The zero-order chi connectivity index (χ0) is 15.8. The summed E-state index contributed by atoms with van der Waals surface area (Å²) in [6, 6.07) is 8.10. The van der Waals surface area contributed by atoms with Gasteiger partial charge >= 0.3 is 0 Å². The number of para-hydroxylation sites is 1. The molecule has 0 bridgehead atoms. The predicted molar refractivity (Wildman–Crippen MR) is 90.1 cm³/mol. The Bertz CT molecular complexity index is 604. The number of ether oxygens (including phenoxy) is 1. The second-order valence-electron chi connectivity index (χ2n) is 5.62. The molecule has 1 amide bonds. The van der Waals surface area contributed by atoms with Gasteiger partial charge in [0, 0.05) is 36.4 Å². The van der Waals surface area contributed by atoms with Crippen LogP contribution in [0, 0.1) is 6.92 Å². The second kappa shape index (κ2) is 8.59. The molecule has 2 aromatic rings. The number of benzene rings is 1. The number of aryl methyl sites for hydroxylation is 1. The number of aromatic amines is 1. The van der Waals surface area contributed by atoms with E-state index in [4.69, 9.17) is 4.74 Å². The molecule has 4 heteroatoms. The minimum atomic E-state index is 0.0708. The number of fused-ring (bicyclic) bond motifs is 1. The lowest BCUT2D eigenvalue weighted by molar-refractivity contribution is -0.120. The molecule has 0 fully saturated rings. The Kier molecular flexibility index (Phi) is 6.46. The average Bonchev–Trinajstić information content (AvgIpc) is 2.82. The molecule has 0 saturated carbocycles. The molecule has 2 rings (SSSR count). The molecule has 0 aliphatic carbocycles. The molecule has 2 N–H and O–H groups in total. The second-order valence-corrected chi connectivity index (χ2v) is 5.62. The molecule has 0 radical (unpaired) electrons. The van der Waals surface area contributed by atoms with Crippen molar-refractivity contribution >= 4 is 16.8 Å². The normalized spacial score (nSPS) is 11.0. The molecule has 0 atom stereocenters. The van der Waals surface area contributed by atoms with Gasteiger partial charge in [-0.15, -0.1) is 0 Å². The zero-order valence-electron chi connectivity index (χ0n) is 13.6. The monoisotopic (exact) mass is 302 g/mol. The zero-order valence-corrected chi connectivity index (χ0v) is 13.6. The van der Waals surface area contributed by atoms with Crippen LogP contribution < -0.4 is 5.32 Å². The highest BCUT2D eigenvalue weighted by atomic mass is 16.5. The summed E-state index contributed by atoms with van der Waals surface area (Å²) in [6.45, 7) is 6.37. The fourth-order valence-electron chi connectivity index (χ4n) is 2.54. The summed E-state index contributed by atoms with van der Waals surface area (Å²) in [7, 11) is 0. The maximum Gasteiger partial charge on any atom is 0.224 e. The first kappa shape index (κ1) is 16.6. The molecule has 22 heavy (non-hydrogen) atoms. The highest BCUT2D eigenvalue weighted by Crippen LogP contribution is 2.22. The molecule has 4 nitrogen and oxygen atoms in total. The van der Waals surface area contributed by atoms with Gasteiger partial charge in [0.1, 0.15) is 0 Å². The summed E-state index contributed by atoms with van der Waals surface area (Å²) < 4.78 is 5.48. The lowest BCUT2D eigenvalue weighted by atomic mass is 10.1. The topological polar surface area (TPSA) is 54.1 Å². The van der Waals surface area contributed by atoms with Gasteiger partial charge in [0.2, 0.25) is 5.91 Å². The van der Waals surface area contributed by atoms with Crippen molar-refractivity contribution in [3.05, 3.63) is 35.5 Å². The van der Waals surface area contributed by atoms with Crippen molar-refractivity contribution in [2.24, 2.45) is 0 Å². The molecule has 1 aromatic heterocycles. The van der Waals surface area contributed by atoms with Gasteiger partial charge in [-0.3, -0.25) is 4.79 Å². The van der Waals surface area contributed by atoms with Crippen LogP contribution in [-0.4, -0.2) is 30.6 Å². The van der Waals surface area contributed by atoms with Crippen LogP contribution >= 0.6 is 0 Å². The van der Waals surface area contributed by atoms with Crippen molar-refractivity contribution in [3.63, 3.8) is 0 Å². The fraction of sp³-hybridized carbons (Fsp3) is 0.500. The third-order valence-corrected chi connectivity index (χ3v) is 3.79. The van der Waals surface area contributed by atoms with Crippen LogP contribution in [0.15, 0.2) is 24.3 Å². The maximum atomic E-state index is 12.1. The van der Waals surface area contributed by atoms with E-state index in [1.165, 1.54) is 0 Å². The smallest absolute Gasteiger partial charge is 0.224 e. The van der Waals surface area contributed by atoms with Gasteiger partial charge in [-0.2, -0.15) is 0 Å². The molecule has 0 spiro atoms. The molecule has 0 saturated heterocycles. The first-order valence-electron chi connectivity index (χ1n) is 8.13. The van der Waals surface area contributed by atoms with Crippen molar-refractivity contribution in [1.82, 2.24) is 10.3 Å². The van der Waals surface area contributed by atoms with Crippen LogP contribution in [0.2, 0.25) is 0 Å². The summed E-state index contributed by atoms with van der Waals surface area (Å²) in [5.74, 6) is 0.0708. The number of unbranched alkanes of at least 4 members (excludes halogenated alkanes) is 1. The SMILES string of the molecule is CCCCOCCCNC(=O)Cc1c(C)[nH]c2ccccc12. The van der Waals surface area contributed by atoms with Crippen LogP contribution in [-0.2, 0) is 16.0 Å². The minimum Gasteiger partial charge on any atom is -0.381 e. The predicted octanol–water partition coefficient (Wildman–Crippen LogP) is 3.34. The molecule has 1 aromatic carbocycles. The molecular formula is C18H26N2O2. The Morgan fingerprint density at radius 1 is 1.23 bits per heavy atom. The number of amides is 1. The lowest BCUT2D eigenvalue weighted by Crippen LogP contribution is -2.27. The highest BCUT2D eigenvalue weighted by Gasteiger charge is 2.11. The van der Waals surface area contributed by atoms with Crippen molar-refractivity contribution in [2.45, 2.75) is 39.5 Å². The van der Waals surface area contributed by atoms with Gasteiger partial charge in [0.05, 0.1) is 6.42 Å². The van der Waals surface area contributed by atoms with E-state index in [1.807, 2.05) is 25.1 Å². The van der Waals surface area contributed by atoms with E-state index in [1.54, 1.807) is 0 Å². The van der Waals surface area contributed by atoms with Crippen LogP contribution in [0.4, 0.5) is 0 Å². The minimum absolute atomic E-state index is 0.0708. The summed E-state index contributed by atoms with van der Waals surface area (Å²) in [5, 5.41) is 4.11. The number of aromatic nitrogens is 1. The van der Waals surface area contributed by atoms with E-state index in [0.29, 0.717) is 19.6 Å². The largest absolute Gasteiger partial charge is 0.381 e. The molecule has 0 aliphatic rings. The van der Waals surface area contributed by atoms with Crippen LogP contribution in [0.3, 0.4) is 0 Å². The fourth-order valence-corrected chi connectivity index (χ4v) is 2.54. The Morgan fingerprint density at radius 2 is 2.00 bits per heavy atom. The third kappa shape index (κ3) is 4.60. The number of hydrogen-bond donors (Lipinski definition) is 2. The van der Waals surface area contributed by atoms with Gasteiger partial charge < -0.3 is 15.0 Å². The van der Waals surface area contributed by atoms with E-state index >= 15 is 0 Å². The van der Waals surface area contributed by atoms with E-state index in [9.17, 15) is 4.79 Å². The summed E-state index contributed by atoms with van der Waals surface area (Å²) in [5.41, 5.74) is 3.25. The number of rotatable bonds is 9. The maximum absolute atomic E-state index is 12.1. The standard InChI is InChI=1S/C18H26N2O2/c1-3-4-11-22-12-7-10-19-18(21)13-16-14(2)20-17-9-6-5-8-15(16)17/h5-6,8-9,20H,3-4,7,10-13H2,1-2H3,(H,19,21). The number of carbonyl (C=O) groups is 1. The molecule has 0 aliphatic heterocycles. The van der Waals surface area contributed by atoms with Crippen molar-refractivity contribution < 1.29 is 9.53 Å². The Morgan fingerprint density at radius 3 is 2.82 bits per heavy atom. The Labute approximate surface area is 132 Å². The summed E-state index contributed by atoms with van der Waals surface area (Å²) >= 11 is 0. The van der Waals surface area contributed by atoms with E-state index in [2.05, 4.69) is 23.3 Å². The van der Waals surface area contributed by atoms with Gasteiger partial charge in [-0.05, 0) is 31.4 Å². The van der Waals surface area contributed by atoms with Crippen LogP contribution in [0.25, 0.3) is 10.9 Å². The van der Waals surface area contributed by atoms with Crippen LogP contribution in [0.1, 0.15) is 37.4 Å². The number of hydrogen-bond acceptors (Lipinski definition) is 2. The molecule has 0 unspecified atom stereocenters. The molecule has 1 heterocycles. The molecular weight excluding hydrogens is 276 g/mol. The van der Waals surface area contributed by atoms with E-state index in [-0.39, 0.29) is 5.91 Å². The number of nitrogens with one attached hydrogen (secondary N) is 2. The van der Waals surface area contributed by atoms with Gasteiger partial charge in [-0.1, -0.05) is 31.5 Å². The first-order valence-corrected chi connectivity index (χ1v) is 8.13. The first-order chi connectivity index (χ1) is 10.7. The lowest BCUT2D eigenvalue weighted by Gasteiger charge is -2.06. The summed E-state index contributed by atoms with van der Waals surface area (Å²) in [6.07, 6.45) is 3.54. The van der Waals surface area contributed by atoms with E-state index < -0.39 is 0 Å². The van der Waals surface area contributed by atoms with Gasteiger partial charge in [-0.25, -0.2) is 0 Å². The van der Waals surface area contributed by atoms with Crippen molar-refractivity contribution in [1.29, 1.82) is 0 Å². The number of carbonyl (C=O) groups excluding carboxylic acids is 1.